The van der Waals surface area contributed by atoms with Gasteiger partial charge in [0.25, 0.3) is 0 Å². The Hall–Kier alpha value is -1.27. The van der Waals surface area contributed by atoms with Crippen LogP contribution >= 0.6 is 0 Å². The number of benzene rings is 1. The van der Waals surface area contributed by atoms with Crippen molar-refractivity contribution in [3.05, 3.63) is 29.6 Å². The fourth-order valence-electron chi connectivity index (χ4n) is 1.20. The minimum Gasteiger partial charge on any atom is -0.294 e. The molecule has 4 nitrogen and oxygen atoms in total. The van der Waals surface area contributed by atoms with Crippen molar-refractivity contribution in [1.29, 1.82) is 0 Å². The van der Waals surface area contributed by atoms with Gasteiger partial charge in [0.05, 0.1) is 0 Å². The van der Waals surface area contributed by atoms with Crippen LogP contribution in [0.4, 0.5) is 4.39 Å². The van der Waals surface area contributed by atoms with E-state index in [1.165, 1.54) is 13.1 Å². The van der Waals surface area contributed by atoms with Crippen LogP contribution in [0.15, 0.2) is 23.1 Å². The summed E-state index contributed by atoms with van der Waals surface area (Å²) in [5.41, 5.74) is 0.192. The Labute approximate surface area is 93.5 Å². The largest absolute Gasteiger partial charge is 0.294 e. The molecule has 88 valence electrons. The van der Waals surface area contributed by atoms with Gasteiger partial charge in [-0.1, -0.05) is 6.92 Å². The normalized spacial score (nSPS) is 11.4. The number of nitrogens with one attached hydrogen (secondary N) is 1. The Bertz CT molecular complexity index is 511. The molecule has 16 heavy (non-hydrogen) atoms. The van der Waals surface area contributed by atoms with Gasteiger partial charge in [0.1, 0.15) is 10.7 Å². The third-order valence-corrected chi connectivity index (χ3v) is 3.56. The smallest absolute Gasteiger partial charge is 0.243 e. The highest BCUT2D eigenvalue weighted by molar-refractivity contribution is 7.89. The van der Waals surface area contributed by atoms with Crippen molar-refractivity contribution in [2.24, 2.45) is 0 Å². The van der Waals surface area contributed by atoms with Gasteiger partial charge >= 0.3 is 0 Å². The monoisotopic (exact) mass is 245 g/mol. The molecular weight excluding hydrogens is 233 g/mol. The van der Waals surface area contributed by atoms with Crippen molar-refractivity contribution in [2.75, 3.05) is 7.05 Å². The van der Waals surface area contributed by atoms with Gasteiger partial charge in [0.2, 0.25) is 10.0 Å². The maximum absolute atomic E-state index is 13.3. The number of carbonyl (C=O) groups is 1. The lowest BCUT2D eigenvalue weighted by Gasteiger charge is -2.05. The van der Waals surface area contributed by atoms with E-state index in [4.69, 9.17) is 0 Å². The average Bonchev–Trinajstić information content (AvgIpc) is 2.28. The summed E-state index contributed by atoms with van der Waals surface area (Å²) in [5, 5.41) is 0. The molecule has 0 aromatic heterocycles. The molecule has 0 saturated carbocycles. The predicted molar refractivity (Wildman–Crippen MR) is 57.3 cm³/mol. The van der Waals surface area contributed by atoms with Crippen LogP contribution in [-0.4, -0.2) is 21.2 Å². The van der Waals surface area contributed by atoms with E-state index in [-0.39, 0.29) is 17.8 Å². The highest BCUT2D eigenvalue weighted by Gasteiger charge is 2.18. The zero-order chi connectivity index (χ0) is 12.3. The van der Waals surface area contributed by atoms with Crippen molar-refractivity contribution >= 4 is 15.8 Å². The number of hydrogen-bond donors (Lipinski definition) is 1. The Balaban J connectivity index is 3.36. The first kappa shape index (κ1) is 12.8. The molecule has 1 aromatic carbocycles. The highest BCUT2D eigenvalue weighted by Crippen LogP contribution is 2.17. The number of rotatable bonds is 4. The second-order valence-electron chi connectivity index (χ2n) is 3.13. The molecule has 0 aliphatic heterocycles. The molecule has 1 aromatic rings. The van der Waals surface area contributed by atoms with Gasteiger partial charge in [0, 0.05) is 12.0 Å². The van der Waals surface area contributed by atoms with Gasteiger partial charge < -0.3 is 0 Å². The third-order valence-electron chi connectivity index (χ3n) is 2.13. The topological polar surface area (TPSA) is 63.2 Å². The van der Waals surface area contributed by atoms with E-state index in [0.29, 0.717) is 0 Å². The standard InChI is InChI=1S/C10H12FNO3S/c1-3-9(13)7-4-5-8(11)10(6-7)16(14,15)12-2/h4-6,12H,3H2,1-2H3. The van der Waals surface area contributed by atoms with E-state index < -0.39 is 20.7 Å². The van der Waals surface area contributed by atoms with E-state index in [0.717, 1.165) is 12.1 Å². The SMILES string of the molecule is CCC(=O)c1ccc(F)c(S(=O)(=O)NC)c1. The lowest BCUT2D eigenvalue weighted by Crippen LogP contribution is -2.20. The summed E-state index contributed by atoms with van der Waals surface area (Å²) in [6.45, 7) is 1.65. The number of sulfonamides is 1. The highest BCUT2D eigenvalue weighted by atomic mass is 32.2. The predicted octanol–water partition coefficient (Wildman–Crippen LogP) is 1.33. The zero-order valence-electron chi connectivity index (χ0n) is 8.95. The minimum absolute atomic E-state index is 0.192. The average molecular weight is 245 g/mol. The molecule has 1 rings (SSSR count). The van der Waals surface area contributed by atoms with Gasteiger partial charge in [-0.15, -0.1) is 0 Å². The number of halogens is 1. The van der Waals surface area contributed by atoms with Gasteiger partial charge in [0.15, 0.2) is 5.78 Å². The molecule has 0 aliphatic carbocycles. The Morgan fingerprint density at radius 2 is 2.06 bits per heavy atom. The molecular formula is C10H12FNO3S. The van der Waals surface area contributed by atoms with Gasteiger partial charge in [-0.3, -0.25) is 4.79 Å². The molecule has 0 radical (unpaired) electrons. The molecule has 0 heterocycles. The zero-order valence-corrected chi connectivity index (χ0v) is 9.77. The van der Waals surface area contributed by atoms with Gasteiger partial charge in [-0.25, -0.2) is 17.5 Å². The quantitative estimate of drug-likeness (QED) is 0.814. The Morgan fingerprint density at radius 3 is 2.56 bits per heavy atom. The fourth-order valence-corrected chi connectivity index (χ4v) is 2.02. The molecule has 0 spiro atoms. The van der Waals surface area contributed by atoms with Crippen molar-refractivity contribution in [2.45, 2.75) is 18.2 Å². The summed E-state index contributed by atoms with van der Waals surface area (Å²) >= 11 is 0. The van der Waals surface area contributed by atoms with Crippen LogP contribution in [-0.2, 0) is 10.0 Å². The van der Waals surface area contributed by atoms with Crippen LogP contribution in [0.25, 0.3) is 0 Å². The lowest BCUT2D eigenvalue weighted by molar-refractivity contribution is 0.0988. The first-order valence-electron chi connectivity index (χ1n) is 4.68. The number of ketones is 1. The first-order valence-corrected chi connectivity index (χ1v) is 6.17. The first-order chi connectivity index (χ1) is 7.42. The summed E-state index contributed by atoms with van der Waals surface area (Å²) in [4.78, 5) is 10.8. The van der Waals surface area contributed by atoms with Crippen LogP contribution in [0.3, 0.4) is 0 Å². The van der Waals surface area contributed by atoms with Crippen LogP contribution in [0.2, 0.25) is 0 Å². The minimum atomic E-state index is -3.87. The maximum Gasteiger partial charge on any atom is 0.243 e. The van der Waals surface area contributed by atoms with Crippen LogP contribution in [0.1, 0.15) is 23.7 Å². The molecule has 0 unspecified atom stereocenters. The Kier molecular flexibility index (Phi) is 3.77. The van der Waals surface area contributed by atoms with Crippen LogP contribution < -0.4 is 4.72 Å². The fraction of sp³-hybridized carbons (Fsp3) is 0.300. The molecule has 0 bridgehead atoms. The van der Waals surface area contributed by atoms with Crippen molar-refractivity contribution in [3.63, 3.8) is 0 Å². The second kappa shape index (κ2) is 4.71. The van der Waals surface area contributed by atoms with E-state index in [9.17, 15) is 17.6 Å². The maximum atomic E-state index is 13.3. The number of Topliss-reactive ketones (excluding diaryl/α,β-unsaturated/α-hetero) is 1. The number of hydrogen-bond acceptors (Lipinski definition) is 3. The molecule has 0 amide bonds. The molecule has 0 atom stereocenters. The molecule has 6 heteroatoms. The summed E-state index contributed by atoms with van der Waals surface area (Å²) in [6, 6.07) is 3.30. The van der Waals surface area contributed by atoms with E-state index in [1.54, 1.807) is 6.92 Å². The van der Waals surface area contributed by atoms with E-state index >= 15 is 0 Å². The molecule has 0 fully saturated rings. The lowest BCUT2D eigenvalue weighted by atomic mass is 10.1. The molecule has 0 aliphatic rings. The number of carbonyl (C=O) groups excluding carboxylic acids is 1. The van der Waals surface area contributed by atoms with Gasteiger partial charge in [-0.05, 0) is 25.2 Å². The van der Waals surface area contributed by atoms with Crippen molar-refractivity contribution < 1.29 is 17.6 Å². The Morgan fingerprint density at radius 1 is 1.44 bits per heavy atom. The van der Waals surface area contributed by atoms with E-state index in [1.807, 2.05) is 4.72 Å². The van der Waals surface area contributed by atoms with Crippen molar-refractivity contribution in [3.8, 4) is 0 Å². The van der Waals surface area contributed by atoms with Gasteiger partial charge in [-0.2, -0.15) is 0 Å². The summed E-state index contributed by atoms with van der Waals surface area (Å²) in [6.07, 6.45) is 0.241. The summed E-state index contributed by atoms with van der Waals surface area (Å²) < 4.78 is 38.1. The van der Waals surface area contributed by atoms with E-state index in [2.05, 4.69) is 0 Å². The summed E-state index contributed by atoms with van der Waals surface area (Å²) in [5.74, 6) is -1.10. The van der Waals surface area contributed by atoms with Crippen LogP contribution in [0.5, 0.6) is 0 Å². The third kappa shape index (κ3) is 2.45. The summed E-state index contributed by atoms with van der Waals surface area (Å²) in [7, 11) is -2.69. The molecule has 0 saturated heterocycles. The van der Waals surface area contributed by atoms with Crippen LogP contribution in [0, 0.1) is 5.82 Å². The van der Waals surface area contributed by atoms with Crippen molar-refractivity contribution in [1.82, 2.24) is 4.72 Å². The molecule has 1 N–H and O–H groups in total. The second-order valence-corrected chi connectivity index (χ2v) is 4.98.